The van der Waals surface area contributed by atoms with Crippen LogP contribution in [0.25, 0.3) is 0 Å². The van der Waals surface area contributed by atoms with Gasteiger partial charge in [0.25, 0.3) is 5.97 Å². The Morgan fingerprint density at radius 2 is 1.22 bits per heavy atom. The molecule has 0 aromatic heterocycles. The molecule has 0 radical (unpaired) electrons. The summed E-state index contributed by atoms with van der Waals surface area (Å²) in [5.41, 5.74) is 0. The van der Waals surface area contributed by atoms with Gasteiger partial charge in [0, 0.05) is 6.92 Å². The summed E-state index contributed by atoms with van der Waals surface area (Å²) in [4.78, 5) is 9.00. The van der Waals surface area contributed by atoms with Crippen molar-refractivity contribution in [3.63, 3.8) is 0 Å². The zero-order chi connectivity index (χ0) is 8.08. The average molecular weight is 176 g/mol. The molecule has 0 heterocycles. The third-order valence-electron chi connectivity index (χ3n) is 0. The Kier molecular flexibility index (Phi) is 6.36. The predicted octanol–water partition coefficient (Wildman–Crippen LogP) is -2.14. The van der Waals surface area contributed by atoms with Gasteiger partial charge in [-0.05, 0) is 0 Å². The van der Waals surface area contributed by atoms with Crippen molar-refractivity contribution >= 4 is 5.97 Å². The molecule has 0 spiro atoms. The Hall–Kier alpha value is 0.0243. The predicted molar refractivity (Wildman–Crippen MR) is 22.2 cm³/mol. The van der Waals surface area contributed by atoms with Gasteiger partial charge in [0.1, 0.15) is 0 Å². The van der Waals surface area contributed by atoms with Gasteiger partial charge in [-0.2, -0.15) is 0 Å². The summed E-state index contributed by atoms with van der Waals surface area (Å²) < 4.78 is 29.5. The molecule has 56 valence electrons. The van der Waals surface area contributed by atoms with Crippen LogP contribution in [-0.4, -0.2) is 25.8 Å². The Bertz CT molecular complexity index is 73.5. The first-order valence-corrected chi connectivity index (χ1v) is 4.62. The number of hydrogen-bond donors (Lipinski definition) is 5. The molecule has 0 bridgehead atoms. The molecule has 9 heavy (non-hydrogen) atoms. The molecule has 0 aliphatic carbocycles. The second-order valence-corrected chi connectivity index (χ2v) is 2.99. The van der Waals surface area contributed by atoms with E-state index in [4.69, 9.17) is 24.7 Å². The van der Waals surface area contributed by atoms with E-state index in [9.17, 15) is 0 Å². The van der Waals surface area contributed by atoms with Crippen LogP contribution in [0.2, 0.25) is 0 Å². The van der Waals surface area contributed by atoms with Crippen LogP contribution in [0.4, 0.5) is 0 Å². The van der Waals surface area contributed by atoms with E-state index in [2.05, 4.69) is 0 Å². The molecule has 0 fully saturated rings. The van der Waals surface area contributed by atoms with Crippen molar-refractivity contribution in [2.24, 2.45) is 0 Å². The molecule has 0 saturated heterocycles. The molecule has 0 aromatic rings. The first-order chi connectivity index (χ1) is 3.73. The van der Waals surface area contributed by atoms with Gasteiger partial charge >= 0.3 is 32.9 Å². The molecular weight excluding hydrogens is 168 g/mol. The SMILES string of the molecule is CC(=O)O.[OH][Ti]([OH])([OH])[OH]. The summed E-state index contributed by atoms with van der Waals surface area (Å²) in [6, 6.07) is 0. The fourth-order valence-electron chi connectivity index (χ4n) is 0. The van der Waals surface area contributed by atoms with Crippen LogP contribution < -0.4 is 0 Å². The molecule has 7 heteroatoms. The van der Waals surface area contributed by atoms with E-state index in [-0.39, 0.29) is 0 Å². The van der Waals surface area contributed by atoms with Gasteiger partial charge in [-0.25, -0.2) is 0 Å². The maximum absolute atomic E-state index is 9.00. The number of rotatable bonds is 0. The first-order valence-electron chi connectivity index (χ1n) is 1.82. The molecule has 0 rings (SSSR count). The van der Waals surface area contributed by atoms with Gasteiger partial charge in [0.15, 0.2) is 0 Å². The zero-order valence-electron chi connectivity index (χ0n) is 4.64. The number of carboxylic acid groups (broad SMARTS) is 1. The van der Waals surface area contributed by atoms with Crippen LogP contribution in [0.15, 0.2) is 0 Å². The number of aliphatic carboxylic acids is 1. The first kappa shape index (κ1) is 11.8. The fraction of sp³-hybridized carbons (Fsp3) is 0.500. The standard InChI is InChI=1S/C2H4O2.4H2O.Ti/c1-2(3)4;;;;;/h1H3,(H,3,4);4*1H2;/q;;;;;+4/p-4. The van der Waals surface area contributed by atoms with E-state index in [1.54, 1.807) is 0 Å². The Morgan fingerprint density at radius 1 is 1.22 bits per heavy atom. The number of carboxylic acids is 1. The van der Waals surface area contributed by atoms with Crippen LogP contribution in [0.1, 0.15) is 6.92 Å². The molecule has 0 aliphatic rings. The monoisotopic (exact) mass is 176 g/mol. The third kappa shape index (κ3) is 494000. The van der Waals surface area contributed by atoms with E-state index < -0.39 is 24.1 Å². The molecular formula is C2H8O6Ti. The Balaban J connectivity index is 0. The van der Waals surface area contributed by atoms with Crippen LogP contribution >= 0.6 is 0 Å². The summed E-state index contributed by atoms with van der Waals surface area (Å²) >= 11 is -5.00. The molecule has 0 aliphatic heterocycles. The fourth-order valence-corrected chi connectivity index (χ4v) is 0. The van der Waals surface area contributed by atoms with Crippen molar-refractivity contribution in [1.29, 1.82) is 0 Å². The maximum atomic E-state index is 9.00. The summed E-state index contributed by atoms with van der Waals surface area (Å²) in [6.45, 7) is 1.08. The molecule has 0 aromatic carbocycles. The second-order valence-electron chi connectivity index (χ2n) is 1.12. The summed E-state index contributed by atoms with van der Waals surface area (Å²) in [5, 5.41) is 7.42. The van der Waals surface area contributed by atoms with Gasteiger partial charge < -0.3 is 5.11 Å². The van der Waals surface area contributed by atoms with Crippen molar-refractivity contribution in [2.45, 2.75) is 6.92 Å². The van der Waals surface area contributed by atoms with Crippen molar-refractivity contribution in [3.8, 4) is 0 Å². The summed E-state index contributed by atoms with van der Waals surface area (Å²) in [5.74, 6) is -0.833. The molecule has 0 amide bonds. The van der Waals surface area contributed by atoms with E-state index in [1.165, 1.54) is 0 Å². The Labute approximate surface area is 56.3 Å². The molecule has 0 unspecified atom stereocenters. The normalized spacial score (nSPS) is 9.44. The van der Waals surface area contributed by atoms with E-state index in [0.29, 0.717) is 0 Å². The topological polar surface area (TPSA) is 118 Å². The van der Waals surface area contributed by atoms with Gasteiger partial charge in [0.2, 0.25) is 0 Å². The number of hydrogen-bond acceptors (Lipinski definition) is 5. The van der Waals surface area contributed by atoms with Crippen molar-refractivity contribution in [1.82, 2.24) is 0 Å². The van der Waals surface area contributed by atoms with E-state index >= 15 is 0 Å². The van der Waals surface area contributed by atoms with Crippen LogP contribution in [0, 0.1) is 0 Å². The molecule has 5 N–H and O–H groups in total. The van der Waals surface area contributed by atoms with Gasteiger partial charge in [-0.1, -0.05) is 0 Å². The van der Waals surface area contributed by atoms with Crippen LogP contribution in [-0.2, 0) is 22.9 Å². The summed E-state index contributed by atoms with van der Waals surface area (Å²) in [7, 11) is 0. The zero-order valence-corrected chi connectivity index (χ0v) is 6.21. The Morgan fingerprint density at radius 3 is 1.22 bits per heavy atom. The molecule has 0 atom stereocenters. The summed E-state index contributed by atoms with van der Waals surface area (Å²) in [6.07, 6.45) is 0. The van der Waals surface area contributed by atoms with Crippen molar-refractivity contribution in [3.05, 3.63) is 0 Å². The van der Waals surface area contributed by atoms with E-state index in [0.717, 1.165) is 6.92 Å². The third-order valence-corrected chi connectivity index (χ3v) is 0. The van der Waals surface area contributed by atoms with Crippen molar-refractivity contribution in [2.75, 3.05) is 0 Å². The number of carbonyl (C=O) groups is 1. The van der Waals surface area contributed by atoms with Crippen LogP contribution in [0.5, 0.6) is 0 Å². The minimum atomic E-state index is -5.00. The molecule has 6 nitrogen and oxygen atoms in total. The van der Waals surface area contributed by atoms with E-state index in [1.807, 2.05) is 0 Å². The van der Waals surface area contributed by atoms with Gasteiger partial charge in [-0.3, -0.25) is 4.79 Å². The van der Waals surface area contributed by atoms with Gasteiger partial charge in [0.05, 0.1) is 0 Å². The second kappa shape index (κ2) is 4.86. The quantitative estimate of drug-likeness (QED) is 0.269. The van der Waals surface area contributed by atoms with Crippen LogP contribution in [0.3, 0.4) is 0 Å². The van der Waals surface area contributed by atoms with Gasteiger partial charge in [-0.15, -0.1) is 0 Å². The van der Waals surface area contributed by atoms with Crippen molar-refractivity contribution < 1.29 is 42.8 Å². The average Bonchev–Trinajstić information content (AvgIpc) is 1.19. The minimum absolute atomic E-state index is 0.833. The molecule has 0 saturated carbocycles.